The molecule has 8 nitrogen and oxygen atoms in total. The van der Waals surface area contributed by atoms with Crippen molar-refractivity contribution in [3.63, 3.8) is 0 Å². The van der Waals surface area contributed by atoms with E-state index in [0.29, 0.717) is 35.3 Å². The fraction of sp³-hybridized carbons (Fsp3) is 0.417. The Kier molecular flexibility index (Phi) is 5.99. The second kappa shape index (κ2) is 8.83. The zero-order valence-electron chi connectivity index (χ0n) is 19.7. The second-order valence-corrected chi connectivity index (χ2v) is 11.3. The highest BCUT2D eigenvalue weighted by Gasteiger charge is 2.30. The number of rotatable bonds is 5. The molecule has 4 heterocycles. The van der Waals surface area contributed by atoms with Crippen LogP contribution in [0.1, 0.15) is 36.8 Å². The average Bonchev–Trinajstić information content (AvgIpc) is 3.39. The van der Waals surface area contributed by atoms with E-state index in [9.17, 15) is 9.59 Å². The lowest BCUT2D eigenvalue weighted by molar-refractivity contribution is -0.139. The minimum Gasteiger partial charge on any atom is -0.468 e. The van der Waals surface area contributed by atoms with Crippen LogP contribution in [-0.2, 0) is 27.3 Å². The molecule has 1 aromatic carbocycles. The van der Waals surface area contributed by atoms with Crippen molar-refractivity contribution in [2.24, 2.45) is 5.92 Å². The number of benzene rings is 1. The first-order valence-electron chi connectivity index (χ1n) is 11.2. The SMILES string of the molecule is COC(=O)[C@H](C)Sc1nnc2n(-c3cccc(C)c3)c(=O)c3c4c(sc3n12)CO[C@@H](C(C)C)C4. The van der Waals surface area contributed by atoms with Crippen LogP contribution in [0.15, 0.2) is 34.2 Å². The number of hydrogen-bond donors (Lipinski definition) is 0. The van der Waals surface area contributed by atoms with Crippen LogP contribution in [0.5, 0.6) is 0 Å². The molecule has 0 spiro atoms. The zero-order valence-corrected chi connectivity index (χ0v) is 21.3. The zero-order chi connectivity index (χ0) is 24.1. The van der Waals surface area contributed by atoms with Gasteiger partial charge in [-0.2, -0.15) is 0 Å². The van der Waals surface area contributed by atoms with Crippen LogP contribution >= 0.6 is 23.1 Å². The monoisotopic (exact) mass is 498 g/mol. The number of fused-ring (bicyclic) bond motifs is 5. The van der Waals surface area contributed by atoms with E-state index in [1.807, 2.05) is 35.6 Å². The Morgan fingerprint density at radius 1 is 1.29 bits per heavy atom. The summed E-state index contributed by atoms with van der Waals surface area (Å²) in [5, 5.41) is 9.53. The van der Waals surface area contributed by atoms with Crippen molar-refractivity contribution in [1.82, 2.24) is 19.2 Å². The van der Waals surface area contributed by atoms with Gasteiger partial charge in [0.05, 0.1) is 30.9 Å². The van der Waals surface area contributed by atoms with Gasteiger partial charge in [0, 0.05) is 11.3 Å². The summed E-state index contributed by atoms with van der Waals surface area (Å²) in [5.74, 6) is 0.416. The van der Waals surface area contributed by atoms with Gasteiger partial charge in [-0.1, -0.05) is 37.7 Å². The maximum Gasteiger partial charge on any atom is 0.318 e. The van der Waals surface area contributed by atoms with Gasteiger partial charge in [-0.15, -0.1) is 21.5 Å². The quantitative estimate of drug-likeness (QED) is 0.302. The lowest BCUT2D eigenvalue weighted by Crippen LogP contribution is -2.28. The Balaban J connectivity index is 1.82. The van der Waals surface area contributed by atoms with Crippen molar-refractivity contribution in [3.8, 4) is 5.69 Å². The Hall–Kier alpha value is -2.69. The van der Waals surface area contributed by atoms with E-state index in [0.717, 1.165) is 26.5 Å². The summed E-state index contributed by atoms with van der Waals surface area (Å²) in [5.41, 5.74) is 2.70. The largest absolute Gasteiger partial charge is 0.468 e. The third-order valence-electron chi connectivity index (χ3n) is 6.16. The van der Waals surface area contributed by atoms with E-state index < -0.39 is 5.25 Å². The number of methoxy groups -OCH3 is 1. The van der Waals surface area contributed by atoms with Gasteiger partial charge in [0.15, 0.2) is 5.16 Å². The minimum atomic E-state index is -0.477. The molecule has 0 aliphatic carbocycles. The first-order valence-corrected chi connectivity index (χ1v) is 12.9. The van der Waals surface area contributed by atoms with E-state index in [4.69, 9.17) is 9.47 Å². The summed E-state index contributed by atoms with van der Waals surface area (Å²) in [6, 6.07) is 7.78. The predicted octanol–water partition coefficient (Wildman–Crippen LogP) is 4.15. The molecule has 0 radical (unpaired) electrons. The molecular weight excluding hydrogens is 472 g/mol. The first kappa shape index (κ1) is 23.1. The molecule has 4 aromatic rings. The summed E-state index contributed by atoms with van der Waals surface area (Å²) in [6.45, 7) is 8.51. The molecule has 0 saturated heterocycles. The van der Waals surface area contributed by atoms with Gasteiger partial charge < -0.3 is 9.47 Å². The summed E-state index contributed by atoms with van der Waals surface area (Å²) >= 11 is 2.81. The van der Waals surface area contributed by atoms with Gasteiger partial charge in [-0.05, 0) is 43.0 Å². The van der Waals surface area contributed by atoms with Crippen LogP contribution in [-0.4, -0.2) is 43.6 Å². The number of aromatic nitrogens is 4. The Morgan fingerprint density at radius 3 is 2.79 bits per heavy atom. The van der Waals surface area contributed by atoms with Crippen molar-refractivity contribution < 1.29 is 14.3 Å². The van der Waals surface area contributed by atoms with Crippen molar-refractivity contribution in [1.29, 1.82) is 0 Å². The lowest BCUT2D eigenvalue weighted by Gasteiger charge is -2.26. The third-order valence-corrected chi connectivity index (χ3v) is 8.37. The van der Waals surface area contributed by atoms with Gasteiger partial charge in [-0.3, -0.25) is 9.59 Å². The maximum absolute atomic E-state index is 14.0. The van der Waals surface area contributed by atoms with Gasteiger partial charge in [0.2, 0.25) is 5.78 Å². The molecule has 0 N–H and O–H groups in total. The summed E-state index contributed by atoms with van der Waals surface area (Å²) in [6.07, 6.45) is 0.743. The molecule has 1 aliphatic rings. The number of hydrogen-bond acceptors (Lipinski definition) is 8. The van der Waals surface area contributed by atoms with Crippen molar-refractivity contribution >= 4 is 45.1 Å². The number of carbonyl (C=O) groups excluding carboxylic acids is 1. The Morgan fingerprint density at radius 2 is 2.09 bits per heavy atom. The number of thioether (sulfide) groups is 1. The van der Waals surface area contributed by atoms with Crippen molar-refractivity contribution in [2.45, 2.75) is 57.2 Å². The molecule has 2 atom stereocenters. The highest BCUT2D eigenvalue weighted by Crippen LogP contribution is 2.38. The molecule has 0 amide bonds. The summed E-state index contributed by atoms with van der Waals surface area (Å²) < 4.78 is 14.5. The smallest absolute Gasteiger partial charge is 0.318 e. The Labute approximate surface area is 204 Å². The lowest BCUT2D eigenvalue weighted by atomic mass is 9.96. The van der Waals surface area contributed by atoms with E-state index in [-0.39, 0.29) is 17.6 Å². The normalized spacial score (nSPS) is 16.8. The molecule has 5 rings (SSSR count). The number of esters is 1. The minimum absolute atomic E-state index is 0.0573. The van der Waals surface area contributed by atoms with Crippen LogP contribution < -0.4 is 5.56 Å². The number of nitrogens with zero attached hydrogens (tertiary/aromatic N) is 4. The van der Waals surface area contributed by atoms with Crippen LogP contribution in [0.2, 0.25) is 0 Å². The molecule has 34 heavy (non-hydrogen) atoms. The fourth-order valence-corrected chi connectivity index (χ4v) is 6.49. The summed E-state index contributed by atoms with van der Waals surface area (Å²) in [4.78, 5) is 28.0. The fourth-order valence-electron chi connectivity index (χ4n) is 4.32. The van der Waals surface area contributed by atoms with Gasteiger partial charge in [-0.25, -0.2) is 8.97 Å². The van der Waals surface area contributed by atoms with Crippen LogP contribution in [0.25, 0.3) is 21.7 Å². The summed E-state index contributed by atoms with van der Waals surface area (Å²) in [7, 11) is 1.37. The molecule has 178 valence electrons. The molecule has 0 fully saturated rings. The number of thiophene rings is 1. The van der Waals surface area contributed by atoms with E-state index >= 15 is 0 Å². The maximum atomic E-state index is 14.0. The topological polar surface area (TPSA) is 87.7 Å². The van der Waals surface area contributed by atoms with Gasteiger partial charge in [0.1, 0.15) is 10.1 Å². The van der Waals surface area contributed by atoms with Crippen LogP contribution in [0.3, 0.4) is 0 Å². The van der Waals surface area contributed by atoms with E-state index in [1.165, 1.54) is 30.2 Å². The molecule has 1 aliphatic heterocycles. The van der Waals surface area contributed by atoms with E-state index in [2.05, 4.69) is 24.0 Å². The Bertz CT molecular complexity index is 1470. The highest BCUT2D eigenvalue weighted by atomic mass is 32.2. The van der Waals surface area contributed by atoms with Gasteiger partial charge in [0.25, 0.3) is 5.56 Å². The number of carbonyl (C=O) groups is 1. The van der Waals surface area contributed by atoms with Crippen molar-refractivity contribution in [2.75, 3.05) is 7.11 Å². The third kappa shape index (κ3) is 3.73. The standard InChI is InChI=1S/C24H26N4O4S2/c1-12(2)17-10-16-18(11-32-17)34-21-19(16)20(29)27(15-8-6-7-13(3)9-15)23-25-26-24(28(21)23)33-14(4)22(30)31-5/h6-9,12,14,17H,10-11H2,1-5H3/t14-,17+/m0/s1. The highest BCUT2D eigenvalue weighted by molar-refractivity contribution is 8.00. The van der Waals surface area contributed by atoms with E-state index in [1.54, 1.807) is 11.5 Å². The number of aryl methyl sites for hydroxylation is 1. The molecule has 0 saturated carbocycles. The molecule has 10 heteroatoms. The first-order chi connectivity index (χ1) is 16.3. The molecule has 0 unspecified atom stereocenters. The van der Waals surface area contributed by atoms with Crippen LogP contribution in [0, 0.1) is 12.8 Å². The average molecular weight is 499 g/mol. The van der Waals surface area contributed by atoms with Gasteiger partial charge >= 0.3 is 5.97 Å². The molecular formula is C24H26N4O4S2. The van der Waals surface area contributed by atoms with Crippen molar-refractivity contribution in [3.05, 3.63) is 50.6 Å². The molecule has 0 bridgehead atoms. The number of ether oxygens (including phenoxy) is 2. The predicted molar refractivity (Wildman–Crippen MR) is 133 cm³/mol. The van der Waals surface area contributed by atoms with Crippen LogP contribution in [0.4, 0.5) is 0 Å². The second-order valence-electron chi connectivity index (χ2n) is 8.86. The molecule has 3 aromatic heterocycles.